The van der Waals surface area contributed by atoms with Gasteiger partial charge in [0, 0.05) is 37.7 Å². The van der Waals surface area contributed by atoms with Gasteiger partial charge in [-0.2, -0.15) is 0 Å². The lowest BCUT2D eigenvalue weighted by Gasteiger charge is -2.07. The Balaban J connectivity index is 1.74. The molecule has 106 valence electrons. The van der Waals surface area contributed by atoms with Gasteiger partial charge in [-0.05, 0) is 33.6 Å². The predicted octanol–water partition coefficient (Wildman–Crippen LogP) is 2.65. The molecular formula is C14H13BrN6. The molecule has 0 bridgehead atoms. The molecule has 0 aliphatic heterocycles. The molecule has 21 heavy (non-hydrogen) atoms. The highest BCUT2D eigenvalue weighted by Crippen LogP contribution is 2.19. The lowest BCUT2D eigenvalue weighted by molar-refractivity contribution is 0.918. The van der Waals surface area contributed by atoms with Gasteiger partial charge in [-0.3, -0.25) is 4.98 Å². The third-order valence-corrected chi connectivity index (χ3v) is 3.46. The minimum absolute atomic E-state index is 0.685. The summed E-state index contributed by atoms with van der Waals surface area (Å²) in [6, 6.07) is 5.94. The van der Waals surface area contributed by atoms with E-state index in [1.807, 2.05) is 36.0 Å². The molecule has 6 nitrogen and oxygen atoms in total. The van der Waals surface area contributed by atoms with Gasteiger partial charge in [-0.1, -0.05) is 6.07 Å². The lowest BCUT2D eigenvalue weighted by atomic mass is 10.2. The molecule has 0 saturated carbocycles. The Bertz CT molecular complexity index is 737. The van der Waals surface area contributed by atoms with E-state index in [-0.39, 0.29) is 0 Å². The van der Waals surface area contributed by atoms with Crippen LogP contribution >= 0.6 is 15.9 Å². The second-order valence-electron chi connectivity index (χ2n) is 4.57. The number of anilines is 1. The first-order valence-corrected chi connectivity index (χ1v) is 7.15. The molecule has 0 radical (unpaired) electrons. The van der Waals surface area contributed by atoms with Gasteiger partial charge in [0.05, 0.1) is 5.69 Å². The standard InChI is InChI=1S/C14H13BrN6/c1-21-9-19-20-14(21)11-4-12(8-16-7-11)17-5-10-2-3-13(15)18-6-10/h2-4,6-9,17H,5H2,1H3. The number of hydrogen-bond acceptors (Lipinski definition) is 5. The van der Waals surface area contributed by atoms with E-state index in [4.69, 9.17) is 0 Å². The van der Waals surface area contributed by atoms with E-state index >= 15 is 0 Å². The minimum Gasteiger partial charge on any atom is -0.380 e. The van der Waals surface area contributed by atoms with Crippen molar-refractivity contribution < 1.29 is 0 Å². The summed E-state index contributed by atoms with van der Waals surface area (Å²) < 4.78 is 2.69. The number of pyridine rings is 2. The van der Waals surface area contributed by atoms with Crippen LogP contribution in [-0.2, 0) is 13.6 Å². The van der Waals surface area contributed by atoms with Crippen LogP contribution in [-0.4, -0.2) is 24.7 Å². The van der Waals surface area contributed by atoms with E-state index in [0.717, 1.165) is 27.2 Å². The number of aromatic nitrogens is 5. The first kappa shape index (κ1) is 13.7. The highest BCUT2D eigenvalue weighted by atomic mass is 79.9. The van der Waals surface area contributed by atoms with Crippen LogP contribution in [0.4, 0.5) is 5.69 Å². The van der Waals surface area contributed by atoms with Crippen LogP contribution in [0.5, 0.6) is 0 Å². The SMILES string of the molecule is Cn1cnnc1-c1cncc(NCc2ccc(Br)nc2)c1. The van der Waals surface area contributed by atoms with Crippen molar-refractivity contribution in [3.8, 4) is 11.4 Å². The predicted molar refractivity (Wildman–Crippen MR) is 83.5 cm³/mol. The third-order valence-electron chi connectivity index (χ3n) is 2.99. The minimum atomic E-state index is 0.685. The van der Waals surface area contributed by atoms with Gasteiger partial charge in [-0.15, -0.1) is 10.2 Å². The fourth-order valence-electron chi connectivity index (χ4n) is 1.92. The molecule has 3 aromatic heterocycles. The average molecular weight is 345 g/mol. The normalized spacial score (nSPS) is 10.6. The molecule has 1 N–H and O–H groups in total. The monoisotopic (exact) mass is 344 g/mol. The van der Waals surface area contributed by atoms with Crippen LogP contribution in [0, 0.1) is 0 Å². The maximum Gasteiger partial charge on any atom is 0.165 e. The maximum absolute atomic E-state index is 4.24. The van der Waals surface area contributed by atoms with Gasteiger partial charge < -0.3 is 9.88 Å². The van der Waals surface area contributed by atoms with Crippen molar-refractivity contribution in [2.75, 3.05) is 5.32 Å². The van der Waals surface area contributed by atoms with Crippen LogP contribution in [0.2, 0.25) is 0 Å². The van der Waals surface area contributed by atoms with Crippen molar-refractivity contribution in [1.29, 1.82) is 0 Å². The Morgan fingerprint density at radius 3 is 2.86 bits per heavy atom. The molecule has 0 aliphatic carbocycles. The molecule has 0 unspecified atom stereocenters. The first-order chi connectivity index (χ1) is 10.2. The number of halogens is 1. The number of rotatable bonds is 4. The summed E-state index contributed by atoms with van der Waals surface area (Å²) in [6.45, 7) is 0.685. The lowest BCUT2D eigenvalue weighted by Crippen LogP contribution is -2.01. The molecule has 0 fully saturated rings. The van der Waals surface area contributed by atoms with Crippen LogP contribution in [0.3, 0.4) is 0 Å². The van der Waals surface area contributed by atoms with Crippen molar-refractivity contribution >= 4 is 21.6 Å². The molecule has 0 aromatic carbocycles. The number of nitrogens with one attached hydrogen (secondary N) is 1. The summed E-state index contributed by atoms with van der Waals surface area (Å²) in [7, 11) is 1.91. The van der Waals surface area contributed by atoms with Crippen molar-refractivity contribution in [1.82, 2.24) is 24.7 Å². The molecule has 3 rings (SSSR count). The van der Waals surface area contributed by atoms with E-state index in [9.17, 15) is 0 Å². The fourth-order valence-corrected chi connectivity index (χ4v) is 2.15. The van der Waals surface area contributed by atoms with Crippen LogP contribution in [0.25, 0.3) is 11.4 Å². The number of nitrogens with zero attached hydrogens (tertiary/aromatic N) is 5. The Hall–Kier alpha value is -2.28. The van der Waals surface area contributed by atoms with Crippen LogP contribution in [0.1, 0.15) is 5.56 Å². The highest BCUT2D eigenvalue weighted by molar-refractivity contribution is 9.10. The Labute approximate surface area is 130 Å². The third kappa shape index (κ3) is 3.25. The highest BCUT2D eigenvalue weighted by Gasteiger charge is 2.05. The van der Waals surface area contributed by atoms with Gasteiger partial charge in [0.25, 0.3) is 0 Å². The summed E-state index contributed by atoms with van der Waals surface area (Å²) in [6.07, 6.45) is 7.06. The Kier molecular flexibility index (Phi) is 3.92. The molecule has 0 saturated heterocycles. The second-order valence-corrected chi connectivity index (χ2v) is 5.38. The van der Waals surface area contributed by atoms with Crippen LogP contribution < -0.4 is 5.32 Å². The summed E-state index contributed by atoms with van der Waals surface area (Å²) >= 11 is 3.32. The quantitative estimate of drug-likeness (QED) is 0.737. The van der Waals surface area contributed by atoms with Crippen LogP contribution in [0.15, 0.2) is 47.7 Å². The maximum atomic E-state index is 4.24. The summed E-state index contributed by atoms with van der Waals surface area (Å²) in [5, 5.41) is 11.3. The topological polar surface area (TPSA) is 68.5 Å². The van der Waals surface area contributed by atoms with Gasteiger partial charge in [-0.25, -0.2) is 4.98 Å². The molecule has 7 heteroatoms. The molecule has 0 atom stereocenters. The average Bonchev–Trinajstić information content (AvgIpc) is 2.93. The van der Waals surface area contributed by atoms with Crippen molar-refractivity contribution in [2.45, 2.75) is 6.54 Å². The van der Waals surface area contributed by atoms with Gasteiger partial charge in [0.2, 0.25) is 0 Å². The zero-order chi connectivity index (χ0) is 14.7. The largest absolute Gasteiger partial charge is 0.380 e. The Morgan fingerprint density at radius 2 is 2.14 bits per heavy atom. The first-order valence-electron chi connectivity index (χ1n) is 6.36. The van der Waals surface area contributed by atoms with E-state index in [1.165, 1.54) is 0 Å². The van der Waals surface area contributed by atoms with E-state index in [2.05, 4.69) is 41.4 Å². The molecular weight excluding hydrogens is 332 g/mol. The zero-order valence-corrected chi connectivity index (χ0v) is 12.9. The smallest absolute Gasteiger partial charge is 0.165 e. The number of aryl methyl sites for hydroxylation is 1. The summed E-state index contributed by atoms with van der Waals surface area (Å²) in [5.74, 6) is 0.788. The van der Waals surface area contributed by atoms with E-state index in [0.29, 0.717) is 6.54 Å². The van der Waals surface area contributed by atoms with Gasteiger partial charge >= 0.3 is 0 Å². The molecule has 3 aromatic rings. The summed E-state index contributed by atoms with van der Waals surface area (Å²) in [5.41, 5.74) is 2.95. The second kappa shape index (κ2) is 6.01. The molecule has 0 aliphatic rings. The van der Waals surface area contributed by atoms with Gasteiger partial charge in [0.15, 0.2) is 5.82 Å². The molecule has 0 amide bonds. The van der Waals surface area contributed by atoms with E-state index in [1.54, 1.807) is 18.7 Å². The zero-order valence-electron chi connectivity index (χ0n) is 11.4. The molecule has 3 heterocycles. The number of hydrogen-bond donors (Lipinski definition) is 1. The summed E-state index contributed by atoms with van der Waals surface area (Å²) in [4.78, 5) is 8.44. The van der Waals surface area contributed by atoms with E-state index < -0.39 is 0 Å². The molecule has 0 spiro atoms. The Morgan fingerprint density at radius 1 is 1.24 bits per heavy atom. The van der Waals surface area contributed by atoms with Gasteiger partial charge in [0.1, 0.15) is 10.9 Å². The van der Waals surface area contributed by atoms with Crippen molar-refractivity contribution in [3.05, 3.63) is 53.3 Å². The fraction of sp³-hybridized carbons (Fsp3) is 0.143. The van der Waals surface area contributed by atoms with Crippen molar-refractivity contribution in [2.24, 2.45) is 7.05 Å². The van der Waals surface area contributed by atoms with Crippen molar-refractivity contribution in [3.63, 3.8) is 0 Å².